The van der Waals surface area contributed by atoms with Crippen LogP contribution >= 0.6 is 0 Å². The maximum atomic E-state index is 9.13. The van der Waals surface area contributed by atoms with Crippen LogP contribution < -0.4 is 10.2 Å². The SMILES string of the molecule is Cc1cc(C)c(N2CC(CCO)NCC2C)c(C)c1. The van der Waals surface area contributed by atoms with Crippen LogP contribution in [0.1, 0.15) is 30.0 Å². The Hall–Kier alpha value is -1.06. The molecule has 2 rings (SSSR count). The van der Waals surface area contributed by atoms with Gasteiger partial charge in [0.1, 0.15) is 0 Å². The number of hydrogen-bond acceptors (Lipinski definition) is 3. The third-order valence-corrected chi connectivity index (χ3v) is 4.05. The maximum absolute atomic E-state index is 9.13. The number of piperazine rings is 1. The Morgan fingerprint density at radius 1 is 1.26 bits per heavy atom. The van der Waals surface area contributed by atoms with Crippen LogP contribution in [-0.4, -0.2) is 36.9 Å². The van der Waals surface area contributed by atoms with E-state index < -0.39 is 0 Å². The van der Waals surface area contributed by atoms with Crippen LogP contribution in [0.5, 0.6) is 0 Å². The molecule has 1 aliphatic heterocycles. The highest BCUT2D eigenvalue weighted by Gasteiger charge is 2.26. The maximum Gasteiger partial charge on any atom is 0.0446 e. The van der Waals surface area contributed by atoms with Crippen molar-refractivity contribution in [3.8, 4) is 0 Å². The van der Waals surface area contributed by atoms with Crippen molar-refractivity contribution in [3.05, 3.63) is 28.8 Å². The lowest BCUT2D eigenvalue weighted by molar-refractivity contribution is 0.254. The fourth-order valence-electron chi connectivity index (χ4n) is 3.22. The first-order chi connectivity index (χ1) is 9.02. The van der Waals surface area contributed by atoms with Crippen molar-refractivity contribution >= 4 is 5.69 Å². The topological polar surface area (TPSA) is 35.5 Å². The van der Waals surface area contributed by atoms with E-state index in [-0.39, 0.29) is 6.61 Å². The Kier molecular flexibility index (Phi) is 4.48. The molecule has 0 radical (unpaired) electrons. The van der Waals surface area contributed by atoms with Crippen molar-refractivity contribution in [2.75, 3.05) is 24.6 Å². The molecule has 3 nitrogen and oxygen atoms in total. The molecule has 19 heavy (non-hydrogen) atoms. The van der Waals surface area contributed by atoms with E-state index in [9.17, 15) is 0 Å². The fraction of sp³-hybridized carbons (Fsp3) is 0.625. The average molecular weight is 262 g/mol. The molecule has 1 aliphatic rings. The number of rotatable bonds is 3. The fourth-order valence-corrected chi connectivity index (χ4v) is 3.22. The van der Waals surface area contributed by atoms with Gasteiger partial charge in [-0.05, 0) is 45.2 Å². The first kappa shape index (κ1) is 14.4. The molecule has 1 aromatic rings. The molecular weight excluding hydrogens is 236 g/mol. The summed E-state index contributed by atoms with van der Waals surface area (Å²) >= 11 is 0. The van der Waals surface area contributed by atoms with Crippen LogP contribution in [-0.2, 0) is 0 Å². The number of nitrogens with zero attached hydrogens (tertiary/aromatic N) is 1. The number of benzene rings is 1. The Bertz CT molecular complexity index is 421. The summed E-state index contributed by atoms with van der Waals surface area (Å²) in [5, 5.41) is 12.6. The highest BCUT2D eigenvalue weighted by Crippen LogP contribution is 2.29. The van der Waals surface area contributed by atoms with Crippen molar-refractivity contribution in [1.29, 1.82) is 0 Å². The van der Waals surface area contributed by atoms with E-state index >= 15 is 0 Å². The van der Waals surface area contributed by atoms with Crippen LogP contribution in [0, 0.1) is 20.8 Å². The summed E-state index contributed by atoms with van der Waals surface area (Å²) in [6.07, 6.45) is 0.827. The van der Waals surface area contributed by atoms with Gasteiger partial charge in [0.2, 0.25) is 0 Å². The first-order valence-electron chi connectivity index (χ1n) is 7.21. The van der Waals surface area contributed by atoms with E-state index in [2.05, 4.69) is 50.0 Å². The Morgan fingerprint density at radius 2 is 1.89 bits per heavy atom. The van der Waals surface area contributed by atoms with Gasteiger partial charge in [0, 0.05) is 37.5 Å². The molecule has 1 heterocycles. The van der Waals surface area contributed by atoms with Crippen molar-refractivity contribution in [1.82, 2.24) is 5.32 Å². The molecule has 0 aromatic heterocycles. The molecule has 1 fully saturated rings. The van der Waals surface area contributed by atoms with Gasteiger partial charge in [-0.2, -0.15) is 0 Å². The average Bonchev–Trinajstić information content (AvgIpc) is 2.32. The number of aryl methyl sites for hydroxylation is 3. The van der Waals surface area contributed by atoms with Crippen LogP contribution in [0.4, 0.5) is 5.69 Å². The van der Waals surface area contributed by atoms with E-state index in [0.29, 0.717) is 12.1 Å². The monoisotopic (exact) mass is 262 g/mol. The quantitative estimate of drug-likeness (QED) is 0.876. The predicted octanol–water partition coefficient (Wildman–Crippen LogP) is 2.16. The molecule has 1 aromatic carbocycles. The van der Waals surface area contributed by atoms with Crippen molar-refractivity contribution < 1.29 is 5.11 Å². The molecule has 0 spiro atoms. The molecule has 0 amide bonds. The van der Waals surface area contributed by atoms with E-state index in [1.165, 1.54) is 22.4 Å². The minimum absolute atomic E-state index is 0.256. The molecule has 0 saturated carbocycles. The highest BCUT2D eigenvalue weighted by atomic mass is 16.3. The zero-order valence-electron chi connectivity index (χ0n) is 12.5. The van der Waals surface area contributed by atoms with E-state index in [1.54, 1.807) is 0 Å². The van der Waals surface area contributed by atoms with Gasteiger partial charge in [-0.25, -0.2) is 0 Å². The zero-order valence-corrected chi connectivity index (χ0v) is 12.5. The summed E-state index contributed by atoms with van der Waals surface area (Å²) in [6, 6.07) is 5.41. The summed E-state index contributed by atoms with van der Waals surface area (Å²) in [5.41, 5.74) is 5.42. The summed E-state index contributed by atoms with van der Waals surface area (Å²) in [5.74, 6) is 0. The molecule has 0 bridgehead atoms. The van der Waals surface area contributed by atoms with Gasteiger partial charge in [0.15, 0.2) is 0 Å². The van der Waals surface area contributed by atoms with Gasteiger partial charge in [0.05, 0.1) is 0 Å². The lowest BCUT2D eigenvalue weighted by Gasteiger charge is -2.42. The minimum atomic E-state index is 0.256. The second-order valence-corrected chi connectivity index (χ2v) is 5.87. The summed E-state index contributed by atoms with van der Waals surface area (Å²) in [6.45, 7) is 11.0. The third kappa shape index (κ3) is 3.10. The van der Waals surface area contributed by atoms with Crippen molar-refractivity contribution in [2.24, 2.45) is 0 Å². The summed E-state index contributed by atoms with van der Waals surface area (Å²) in [4.78, 5) is 2.50. The van der Waals surface area contributed by atoms with E-state index in [4.69, 9.17) is 5.11 Å². The largest absolute Gasteiger partial charge is 0.396 e. The van der Waals surface area contributed by atoms with Gasteiger partial charge < -0.3 is 15.3 Å². The van der Waals surface area contributed by atoms with Gasteiger partial charge >= 0.3 is 0 Å². The van der Waals surface area contributed by atoms with Crippen molar-refractivity contribution in [2.45, 2.75) is 46.2 Å². The molecule has 0 aliphatic carbocycles. The lowest BCUT2D eigenvalue weighted by Crippen LogP contribution is -2.56. The Balaban J connectivity index is 2.28. The van der Waals surface area contributed by atoms with Crippen molar-refractivity contribution in [3.63, 3.8) is 0 Å². The molecular formula is C16H26N2O. The number of hydrogen-bond donors (Lipinski definition) is 2. The third-order valence-electron chi connectivity index (χ3n) is 4.05. The Morgan fingerprint density at radius 3 is 2.47 bits per heavy atom. The smallest absolute Gasteiger partial charge is 0.0446 e. The van der Waals surface area contributed by atoms with E-state index in [0.717, 1.165) is 19.5 Å². The molecule has 2 atom stereocenters. The van der Waals surface area contributed by atoms with Gasteiger partial charge in [0.25, 0.3) is 0 Å². The van der Waals surface area contributed by atoms with Gasteiger partial charge in [-0.1, -0.05) is 17.7 Å². The van der Waals surface area contributed by atoms with Crippen LogP contribution in [0.2, 0.25) is 0 Å². The van der Waals surface area contributed by atoms with Crippen LogP contribution in [0.25, 0.3) is 0 Å². The highest BCUT2D eigenvalue weighted by molar-refractivity contribution is 5.61. The summed E-state index contributed by atoms with van der Waals surface area (Å²) in [7, 11) is 0. The number of aliphatic hydroxyl groups is 1. The van der Waals surface area contributed by atoms with Crippen LogP contribution in [0.3, 0.4) is 0 Å². The second-order valence-electron chi connectivity index (χ2n) is 5.87. The standard InChI is InChI=1S/C16H26N2O/c1-11-7-12(2)16(13(3)8-11)18-10-15(5-6-19)17-9-14(18)4/h7-8,14-15,17,19H,5-6,9-10H2,1-4H3. The number of anilines is 1. The Labute approximate surface area is 116 Å². The molecule has 3 heteroatoms. The van der Waals surface area contributed by atoms with Crippen LogP contribution in [0.15, 0.2) is 12.1 Å². The normalized spacial score (nSPS) is 23.7. The predicted molar refractivity (Wildman–Crippen MR) is 81.0 cm³/mol. The molecule has 1 saturated heterocycles. The molecule has 2 unspecified atom stereocenters. The minimum Gasteiger partial charge on any atom is -0.396 e. The lowest BCUT2D eigenvalue weighted by atomic mass is 10.00. The van der Waals surface area contributed by atoms with E-state index in [1.807, 2.05) is 0 Å². The van der Waals surface area contributed by atoms with Gasteiger partial charge in [-0.15, -0.1) is 0 Å². The zero-order chi connectivity index (χ0) is 14.0. The molecule has 106 valence electrons. The number of nitrogens with one attached hydrogen (secondary N) is 1. The molecule has 2 N–H and O–H groups in total. The first-order valence-corrected chi connectivity index (χ1v) is 7.21. The number of aliphatic hydroxyl groups excluding tert-OH is 1. The second kappa shape index (κ2) is 5.93. The van der Waals surface area contributed by atoms with Gasteiger partial charge in [-0.3, -0.25) is 0 Å². The summed E-state index contributed by atoms with van der Waals surface area (Å²) < 4.78 is 0.